The molecule has 0 spiro atoms. The Bertz CT molecular complexity index is 229. The summed E-state index contributed by atoms with van der Waals surface area (Å²) in [4.78, 5) is 0. The van der Waals surface area contributed by atoms with Crippen molar-refractivity contribution in [3.05, 3.63) is 0 Å². The van der Waals surface area contributed by atoms with Crippen LogP contribution < -0.4 is 11.1 Å². The molecule has 0 rings (SSSR count). The maximum atomic E-state index is 5.79. The molecule has 0 radical (unpaired) electrons. The molecule has 6 atom stereocenters. The number of rotatable bonds is 11. The van der Waals surface area contributed by atoms with Gasteiger partial charge in [-0.25, -0.2) is 0 Å². The van der Waals surface area contributed by atoms with Gasteiger partial charge in [0.15, 0.2) is 0 Å². The second-order valence-electron chi connectivity index (χ2n) is 7.35. The van der Waals surface area contributed by atoms with Crippen LogP contribution in [0.15, 0.2) is 0 Å². The fourth-order valence-electron chi connectivity index (χ4n) is 2.79. The van der Waals surface area contributed by atoms with Gasteiger partial charge < -0.3 is 11.1 Å². The molecule has 20 heavy (non-hydrogen) atoms. The van der Waals surface area contributed by atoms with Gasteiger partial charge in [-0.05, 0) is 62.9 Å². The van der Waals surface area contributed by atoms with Crippen molar-refractivity contribution in [1.29, 1.82) is 0 Å². The summed E-state index contributed by atoms with van der Waals surface area (Å²) in [5.41, 5.74) is 5.79. The maximum absolute atomic E-state index is 5.79. The van der Waals surface area contributed by atoms with E-state index in [1.165, 1.54) is 25.7 Å². The van der Waals surface area contributed by atoms with Gasteiger partial charge in [0.25, 0.3) is 0 Å². The van der Waals surface area contributed by atoms with Crippen molar-refractivity contribution >= 4 is 0 Å². The third-order valence-electron chi connectivity index (χ3n) is 5.76. The van der Waals surface area contributed by atoms with E-state index < -0.39 is 0 Å². The summed E-state index contributed by atoms with van der Waals surface area (Å²) in [6, 6.07) is 0.647. The summed E-state index contributed by atoms with van der Waals surface area (Å²) in [6.07, 6.45) is 5.33. The monoisotopic (exact) mass is 284 g/mol. The van der Waals surface area contributed by atoms with Crippen LogP contribution >= 0.6 is 0 Å². The largest absolute Gasteiger partial charge is 0.330 e. The SMILES string of the molecule is CNC(C)CCC(C)C(C)CCC(C)C(C)C(C)CN. The molecule has 0 aromatic carbocycles. The summed E-state index contributed by atoms with van der Waals surface area (Å²) in [5.74, 6) is 3.85. The third-order valence-corrected chi connectivity index (χ3v) is 5.76. The predicted molar refractivity (Wildman–Crippen MR) is 91.9 cm³/mol. The average Bonchev–Trinajstić information content (AvgIpc) is 2.47. The van der Waals surface area contributed by atoms with Crippen LogP contribution in [0.25, 0.3) is 0 Å². The topological polar surface area (TPSA) is 38.0 Å². The molecule has 6 unspecified atom stereocenters. The molecule has 0 saturated heterocycles. The van der Waals surface area contributed by atoms with Crippen LogP contribution in [0.2, 0.25) is 0 Å². The predicted octanol–water partition coefficient (Wildman–Crippen LogP) is 4.29. The zero-order valence-corrected chi connectivity index (χ0v) is 15.1. The van der Waals surface area contributed by atoms with Gasteiger partial charge in [0.05, 0.1) is 0 Å². The Morgan fingerprint density at radius 1 is 0.700 bits per heavy atom. The van der Waals surface area contributed by atoms with Crippen molar-refractivity contribution in [2.24, 2.45) is 35.3 Å². The van der Waals surface area contributed by atoms with E-state index in [1.807, 2.05) is 0 Å². The lowest BCUT2D eigenvalue weighted by Gasteiger charge is -2.28. The molecule has 0 heterocycles. The van der Waals surface area contributed by atoms with Gasteiger partial charge in [0.1, 0.15) is 0 Å². The highest BCUT2D eigenvalue weighted by atomic mass is 14.8. The zero-order valence-electron chi connectivity index (χ0n) is 15.1. The van der Waals surface area contributed by atoms with Crippen LogP contribution in [0.4, 0.5) is 0 Å². The van der Waals surface area contributed by atoms with Crippen LogP contribution in [0.1, 0.15) is 67.2 Å². The molecule has 0 saturated carbocycles. The minimum absolute atomic E-state index is 0.647. The van der Waals surface area contributed by atoms with E-state index in [2.05, 4.69) is 53.9 Å². The zero-order chi connectivity index (χ0) is 15.7. The second-order valence-corrected chi connectivity index (χ2v) is 7.35. The summed E-state index contributed by atoms with van der Waals surface area (Å²) in [6.45, 7) is 15.0. The Morgan fingerprint density at radius 2 is 1.15 bits per heavy atom. The molecule has 0 aliphatic heterocycles. The van der Waals surface area contributed by atoms with E-state index in [0.717, 1.165) is 30.2 Å². The van der Waals surface area contributed by atoms with Crippen molar-refractivity contribution in [3.63, 3.8) is 0 Å². The van der Waals surface area contributed by atoms with Crippen molar-refractivity contribution in [2.75, 3.05) is 13.6 Å². The van der Waals surface area contributed by atoms with E-state index >= 15 is 0 Å². The number of hydrogen-bond acceptors (Lipinski definition) is 2. The third kappa shape index (κ3) is 7.64. The summed E-state index contributed by atoms with van der Waals surface area (Å²) in [5, 5.41) is 3.33. The summed E-state index contributed by atoms with van der Waals surface area (Å²) < 4.78 is 0. The van der Waals surface area contributed by atoms with Crippen molar-refractivity contribution < 1.29 is 0 Å². The molecule has 2 nitrogen and oxygen atoms in total. The summed E-state index contributed by atoms with van der Waals surface area (Å²) in [7, 11) is 2.06. The Labute approximate surface area is 128 Å². The smallest absolute Gasteiger partial charge is 0.00358 e. The molecule has 0 bridgehead atoms. The molecular formula is C18H40N2. The molecule has 0 amide bonds. The minimum atomic E-state index is 0.647. The van der Waals surface area contributed by atoms with Crippen LogP contribution in [-0.4, -0.2) is 19.6 Å². The number of hydrogen-bond donors (Lipinski definition) is 2. The van der Waals surface area contributed by atoms with Gasteiger partial charge in [0.2, 0.25) is 0 Å². The number of nitrogens with two attached hydrogens (primary N) is 1. The van der Waals surface area contributed by atoms with Crippen LogP contribution in [-0.2, 0) is 0 Å². The first-order chi connectivity index (χ1) is 9.33. The Hall–Kier alpha value is -0.0800. The fraction of sp³-hybridized carbons (Fsp3) is 1.00. The average molecular weight is 285 g/mol. The van der Waals surface area contributed by atoms with E-state index in [1.54, 1.807) is 0 Å². The first-order valence-electron chi connectivity index (χ1n) is 8.70. The highest BCUT2D eigenvalue weighted by Gasteiger charge is 2.20. The van der Waals surface area contributed by atoms with Gasteiger partial charge in [0, 0.05) is 6.04 Å². The minimum Gasteiger partial charge on any atom is -0.330 e. The highest BCUT2D eigenvalue weighted by Crippen LogP contribution is 2.28. The Balaban J connectivity index is 3.98. The lowest BCUT2D eigenvalue weighted by Crippen LogP contribution is -2.24. The van der Waals surface area contributed by atoms with Crippen molar-refractivity contribution in [1.82, 2.24) is 5.32 Å². The highest BCUT2D eigenvalue weighted by molar-refractivity contribution is 4.72. The quantitative estimate of drug-likeness (QED) is 0.594. The molecule has 0 aromatic rings. The Kier molecular flexibility index (Phi) is 10.6. The molecular weight excluding hydrogens is 244 g/mol. The standard InChI is InChI=1S/C18H40N2/c1-13(14(2)10-11-17(5)20-7)8-9-15(3)18(6)16(4)12-19/h13-18,20H,8-12,19H2,1-7H3. The van der Waals surface area contributed by atoms with E-state index in [0.29, 0.717) is 12.0 Å². The maximum Gasteiger partial charge on any atom is 0.00358 e. The van der Waals surface area contributed by atoms with Crippen LogP contribution in [0.3, 0.4) is 0 Å². The lowest BCUT2D eigenvalue weighted by atomic mass is 9.79. The van der Waals surface area contributed by atoms with E-state index in [9.17, 15) is 0 Å². The Morgan fingerprint density at radius 3 is 1.60 bits per heavy atom. The summed E-state index contributed by atoms with van der Waals surface area (Å²) >= 11 is 0. The first kappa shape index (κ1) is 19.9. The van der Waals surface area contributed by atoms with Gasteiger partial charge in [-0.2, -0.15) is 0 Å². The molecule has 0 aliphatic carbocycles. The normalized spacial score (nSPS) is 21.0. The van der Waals surface area contributed by atoms with Gasteiger partial charge >= 0.3 is 0 Å². The molecule has 2 heteroatoms. The lowest BCUT2D eigenvalue weighted by molar-refractivity contribution is 0.236. The van der Waals surface area contributed by atoms with E-state index in [-0.39, 0.29) is 0 Å². The van der Waals surface area contributed by atoms with Crippen molar-refractivity contribution in [2.45, 2.75) is 73.3 Å². The molecule has 0 fully saturated rings. The molecule has 0 aromatic heterocycles. The van der Waals surface area contributed by atoms with Crippen LogP contribution in [0, 0.1) is 29.6 Å². The van der Waals surface area contributed by atoms with Crippen LogP contribution in [0.5, 0.6) is 0 Å². The fourth-order valence-corrected chi connectivity index (χ4v) is 2.79. The van der Waals surface area contributed by atoms with E-state index in [4.69, 9.17) is 5.73 Å². The first-order valence-corrected chi connectivity index (χ1v) is 8.70. The molecule has 3 N–H and O–H groups in total. The van der Waals surface area contributed by atoms with Gasteiger partial charge in [-0.3, -0.25) is 0 Å². The van der Waals surface area contributed by atoms with Crippen molar-refractivity contribution in [3.8, 4) is 0 Å². The number of nitrogens with one attached hydrogen (secondary N) is 1. The van der Waals surface area contributed by atoms with Gasteiger partial charge in [-0.15, -0.1) is 0 Å². The molecule has 0 aliphatic rings. The van der Waals surface area contributed by atoms with Gasteiger partial charge in [-0.1, -0.05) is 47.5 Å². The second kappa shape index (κ2) is 10.6. The molecule has 122 valence electrons.